The van der Waals surface area contributed by atoms with Gasteiger partial charge >= 0.3 is 0 Å². The fourth-order valence-corrected chi connectivity index (χ4v) is 3.89. The maximum absolute atomic E-state index is 11.4. The van der Waals surface area contributed by atoms with Crippen LogP contribution in [0.4, 0.5) is 0 Å². The van der Waals surface area contributed by atoms with Crippen LogP contribution in [0.3, 0.4) is 0 Å². The van der Waals surface area contributed by atoms with Crippen LogP contribution in [0.25, 0.3) is 0 Å². The van der Waals surface area contributed by atoms with Crippen LogP contribution in [0.15, 0.2) is 4.99 Å². The molecule has 26 heavy (non-hydrogen) atoms. The number of amides is 1. The van der Waals surface area contributed by atoms with Crippen molar-refractivity contribution in [3.63, 3.8) is 0 Å². The number of likely N-dealkylation sites (tertiary alicyclic amines) is 1. The summed E-state index contributed by atoms with van der Waals surface area (Å²) in [6.07, 6.45) is 2.60. The van der Waals surface area contributed by atoms with Crippen molar-refractivity contribution in [2.75, 3.05) is 58.9 Å². The van der Waals surface area contributed by atoms with Crippen molar-refractivity contribution >= 4 is 35.8 Å². The SMILES string of the molecule is CCNC(=NCCN1CCN(C(C)=O)CC1)N1CCC(CC(C)C)C1.I. The number of nitrogens with zero attached hydrogens (tertiary/aromatic N) is 4. The first-order chi connectivity index (χ1) is 12.0. The van der Waals surface area contributed by atoms with Crippen molar-refractivity contribution in [2.45, 2.75) is 40.5 Å². The smallest absolute Gasteiger partial charge is 0.219 e. The molecule has 2 aliphatic heterocycles. The molecule has 2 fully saturated rings. The largest absolute Gasteiger partial charge is 0.357 e. The lowest BCUT2D eigenvalue weighted by Crippen LogP contribution is -2.48. The molecule has 0 aromatic carbocycles. The maximum atomic E-state index is 11.4. The van der Waals surface area contributed by atoms with Crippen molar-refractivity contribution in [1.82, 2.24) is 20.0 Å². The van der Waals surface area contributed by atoms with E-state index in [1.807, 2.05) is 4.90 Å². The van der Waals surface area contributed by atoms with Crippen molar-refractivity contribution in [1.29, 1.82) is 0 Å². The Balaban J connectivity index is 0.00000338. The topological polar surface area (TPSA) is 51.2 Å². The molecule has 0 aromatic heterocycles. The molecule has 6 nitrogen and oxygen atoms in total. The third-order valence-electron chi connectivity index (χ3n) is 5.22. The average molecular weight is 479 g/mol. The van der Waals surface area contributed by atoms with Crippen molar-refractivity contribution in [2.24, 2.45) is 16.8 Å². The predicted octanol–water partition coefficient (Wildman–Crippen LogP) is 2.10. The Bertz CT molecular complexity index is 449. The molecule has 2 saturated heterocycles. The van der Waals surface area contributed by atoms with Crippen LogP contribution in [0.2, 0.25) is 0 Å². The highest BCUT2D eigenvalue weighted by Gasteiger charge is 2.25. The number of aliphatic imine (C=N–C) groups is 1. The van der Waals surface area contributed by atoms with Crippen LogP contribution < -0.4 is 5.32 Å². The molecule has 1 atom stereocenters. The number of carbonyl (C=O) groups is 1. The second-order valence-corrected chi connectivity index (χ2v) is 7.81. The van der Waals surface area contributed by atoms with Crippen LogP contribution in [0.1, 0.15) is 40.5 Å². The molecule has 2 heterocycles. The number of nitrogens with one attached hydrogen (secondary N) is 1. The van der Waals surface area contributed by atoms with Gasteiger partial charge in [-0.15, -0.1) is 24.0 Å². The zero-order valence-corrected chi connectivity index (χ0v) is 19.4. The number of piperazine rings is 1. The Labute approximate surface area is 176 Å². The Morgan fingerprint density at radius 1 is 1.15 bits per heavy atom. The fraction of sp³-hybridized carbons (Fsp3) is 0.895. The van der Waals surface area contributed by atoms with Gasteiger partial charge < -0.3 is 15.1 Å². The van der Waals surface area contributed by atoms with Gasteiger partial charge in [-0.3, -0.25) is 14.7 Å². The van der Waals surface area contributed by atoms with Crippen LogP contribution in [0, 0.1) is 11.8 Å². The number of hydrogen-bond donors (Lipinski definition) is 1. The van der Waals surface area contributed by atoms with Crippen molar-refractivity contribution < 1.29 is 4.79 Å². The lowest BCUT2D eigenvalue weighted by molar-refractivity contribution is -0.130. The Morgan fingerprint density at radius 2 is 1.85 bits per heavy atom. The van der Waals surface area contributed by atoms with Gasteiger partial charge in [0, 0.05) is 59.3 Å². The lowest BCUT2D eigenvalue weighted by Gasteiger charge is -2.33. The minimum atomic E-state index is 0. The van der Waals surface area contributed by atoms with Crippen molar-refractivity contribution in [3.8, 4) is 0 Å². The van der Waals surface area contributed by atoms with Crippen molar-refractivity contribution in [3.05, 3.63) is 0 Å². The number of halogens is 1. The maximum Gasteiger partial charge on any atom is 0.219 e. The van der Waals surface area contributed by atoms with E-state index in [1.165, 1.54) is 12.8 Å². The second kappa shape index (κ2) is 12.0. The highest BCUT2D eigenvalue weighted by Crippen LogP contribution is 2.23. The highest BCUT2D eigenvalue weighted by atomic mass is 127. The van der Waals surface area contributed by atoms with Gasteiger partial charge in [-0.1, -0.05) is 13.8 Å². The normalized spacial score (nSPS) is 21.9. The lowest BCUT2D eigenvalue weighted by atomic mass is 9.97. The molecule has 0 bridgehead atoms. The predicted molar refractivity (Wildman–Crippen MR) is 119 cm³/mol. The monoisotopic (exact) mass is 479 g/mol. The van der Waals surface area contributed by atoms with Gasteiger partial charge in [-0.25, -0.2) is 0 Å². The molecule has 0 spiro atoms. The third-order valence-corrected chi connectivity index (χ3v) is 5.22. The molecular formula is C19H38IN5O. The van der Waals surface area contributed by atoms with E-state index in [9.17, 15) is 4.79 Å². The number of guanidine groups is 1. The quantitative estimate of drug-likeness (QED) is 0.360. The van der Waals surface area contributed by atoms with E-state index in [0.29, 0.717) is 0 Å². The van der Waals surface area contributed by atoms with Gasteiger partial charge in [0.25, 0.3) is 0 Å². The molecule has 7 heteroatoms. The first-order valence-electron chi connectivity index (χ1n) is 10.0. The standard InChI is InChI=1S/C19H37N5O.HI/c1-5-20-19(24-8-6-18(15-24)14-16(2)3)21-7-9-22-10-12-23(13-11-22)17(4)25;/h16,18H,5-15H2,1-4H3,(H,20,21);1H. The van der Waals surface area contributed by atoms with Crippen LogP contribution >= 0.6 is 24.0 Å². The average Bonchev–Trinajstić information content (AvgIpc) is 3.02. The summed E-state index contributed by atoms with van der Waals surface area (Å²) in [4.78, 5) is 23.0. The molecule has 1 amide bonds. The molecule has 0 radical (unpaired) electrons. The molecular weight excluding hydrogens is 441 g/mol. The second-order valence-electron chi connectivity index (χ2n) is 7.81. The molecule has 1 unspecified atom stereocenters. The molecule has 0 aliphatic carbocycles. The minimum Gasteiger partial charge on any atom is -0.357 e. The van der Waals surface area contributed by atoms with Gasteiger partial charge in [0.1, 0.15) is 0 Å². The van der Waals surface area contributed by atoms with E-state index >= 15 is 0 Å². The first-order valence-corrected chi connectivity index (χ1v) is 10.0. The summed E-state index contributed by atoms with van der Waals surface area (Å²) in [6.45, 7) is 17.0. The summed E-state index contributed by atoms with van der Waals surface area (Å²) in [6, 6.07) is 0. The summed E-state index contributed by atoms with van der Waals surface area (Å²) in [5, 5.41) is 3.46. The number of rotatable bonds is 6. The molecule has 0 saturated carbocycles. The zero-order valence-electron chi connectivity index (χ0n) is 17.0. The summed E-state index contributed by atoms with van der Waals surface area (Å²) in [5.74, 6) is 2.86. The minimum absolute atomic E-state index is 0. The first kappa shape index (κ1) is 23.5. The van der Waals surface area contributed by atoms with E-state index in [1.54, 1.807) is 6.92 Å². The van der Waals surface area contributed by atoms with Crippen LogP contribution in [-0.2, 0) is 4.79 Å². The van der Waals surface area contributed by atoms with E-state index in [4.69, 9.17) is 4.99 Å². The highest BCUT2D eigenvalue weighted by molar-refractivity contribution is 14.0. The number of carbonyl (C=O) groups excluding carboxylic acids is 1. The van der Waals surface area contributed by atoms with E-state index < -0.39 is 0 Å². The summed E-state index contributed by atoms with van der Waals surface area (Å²) >= 11 is 0. The van der Waals surface area contributed by atoms with Crippen LogP contribution in [0.5, 0.6) is 0 Å². The summed E-state index contributed by atoms with van der Waals surface area (Å²) < 4.78 is 0. The van der Waals surface area contributed by atoms with Gasteiger partial charge in [0.05, 0.1) is 6.54 Å². The summed E-state index contributed by atoms with van der Waals surface area (Å²) in [7, 11) is 0. The van der Waals surface area contributed by atoms with E-state index in [0.717, 1.165) is 76.7 Å². The Kier molecular flexibility index (Phi) is 10.8. The zero-order chi connectivity index (χ0) is 18.2. The van der Waals surface area contributed by atoms with E-state index in [-0.39, 0.29) is 29.9 Å². The fourth-order valence-electron chi connectivity index (χ4n) is 3.89. The molecule has 0 aromatic rings. The van der Waals surface area contributed by atoms with Crippen LogP contribution in [-0.4, -0.2) is 85.5 Å². The third kappa shape index (κ3) is 7.58. The molecule has 1 N–H and O–H groups in total. The summed E-state index contributed by atoms with van der Waals surface area (Å²) in [5.41, 5.74) is 0. The van der Waals surface area contributed by atoms with Gasteiger partial charge in [0.15, 0.2) is 5.96 Å². The van der Waals surface area contributed by atoms with Gasteiger partial charge in [-0.2, -0.15) is 0 Å². The Hall–Kier alpha value is -0.570. The van der Waals surface area contributed by atoms with E-state index in [2.05, 4.69) is 35.9 Å². The number of hydrogen-bond acceptors (Lipinski definition) is 3. The molecule has 2 rings (SSSR count). The molecule has 152 valence electrons. The van der Waals surface area contributed by atoms with Gasteiger partial charge in [0.2, 0.25) is 5.91 Å². The Morgan fingerprint density at radius 3 is 2.42 bits per heavy atom. The molecule has 2 aliphatic rings. The van der Waals surface area contributed by atoms with Gasteiger partial charge in [-0.05, 0) is 31.6 Å².